The zero-order chi connectivity index (χ0) is 10.8. The van der Waals surface area contributed by atoms with Crippen LogP contribution in [0.15, 0.2) is 0 Å². The Bertz CT molecular complexity index is 189. The maximum absolute atomic E-state index is 2.65. The molecular formula is C12H25N3. The monoisotopic (exact) mass is 211 g/mol. The highest BCUT2D eigenvalue weighted by Crippen LogP contribution is 2.22. The molecule has 15 heavy (non-hydrogen) atoms. The molecule has 2 rings (SSSR count). The molecule has 0 radical (unpaired) electrons. The number of likely N-dealkylation sites (N-methyl/N-ethyl adjacent to an activating group) is 1. The van der Waals surface area contributed by atoms with E-state index in [0.29, 0.717) is 0 Å². The summed E-state index contributed by atoms with van der Waals surface area (Å²) in [4.78, 5) is 7.58. The third kappa shape index (κ3) is 2.92. The topological polar surface area (TPSA) is 9.72 Å². The van der Waals surface area contributed by atoms with Crippen LogP contribution in [-0.4, -0.2) is 74.1 Å². The van der Waals surface area contributed by atoms with Gasteiger partial charge < -0.3 is 14.7 Å². The van der Waals surface area contributed by atoms with Crippen molar-refractivity contribution in [3.8, 4) is 0 Å². The molecule has 3 nitrogen and oxygen atoms in total. The van der Waals surface area contributed by atoms with Gasteiger partial charge in [0.2, 0.25) is 0 Å². The Hall–Kier alpha value is -0.120. The van der Waals surface area contributed by atoms with Gasteiger partial charge in [0, 0.05) is 45.3 Å². The molecule has 0 N–H and O–H groups in total. The second-order valence-corrected chi connectivity index (χ2v) is 5.49. The van der Waals surface area contributed by atoms with Crippen LogP contribution in [0.4, 0.5) is 0 Å². The summed E-state index contributed by atoms with van der Waals surface area (Å²) in [6, 6.07) is 0.794. The number of rotatable bonds is 2. The third-order valence-corrected chi connectivity index (χ3v) is 4.09. The van der Waals surface area contributed by atoms with Crippen molar-refractivity contribution in [2.24, 2.45) is 5.92 Å². The van der Waals surface area contributed by atoms with E-state index in [1.165, 1.54) is 45.7 Å². The van der Waals surface area contributed by atoms with E-state index in [0.717, 1.165) is 12.0 Å². The van der Waals surface area contributed by atoms with Crippen LogP contribution in [-0.2, 0) is 0 Å². The van der Waals surface area contributed by atoms with Crippen LogP contribution in [0.2, 0.25) is 0 Å². The maximum atomic E-state index is 2.65. The van der Waals surface area contributed by atoms with E-state index in [-0.39, 0.29) is 0 Å². The van der Waals surface area contributed by atoms with E-state index >= 15 is 0 Å². The summed E-state index contributed by atoms with van der Waals surface area (Å²) in [7, 11) is 4.48. The van der Waals surface area contributed by atoms with Crippen molar-refractivity contribution in [3.63, 3.8) is 0 Å². The van der Waals surface area contributed by atoms with Crippen LogP contribution in [0, 0.1) is 5.92 Å². The SMILES string of the molecule is CC1CC(CN2CCN(C)CC2)CN1C. The van der Waals surface area contributed by atoms with E-state index in [2.05, 4.69) is 35.7 Å². The summed E-state index contributed by atoms with van der Waals surface area (Å²) in [6.45, 7) is 10.0. The molecule has 3 heteroatoms. The number of nitrogens with zero attached hydrogens (tertiary/aromatic N) is 3. The zero-order valence-corrected chi connectivity index (χ0v) is 10.4. The lowest BCUT2D eigenvalue weighted by Crippen LogP contribution is -2.46. The Morgan fingerprint density at radius 3 is 2.27 bits per heavy atom. The molecule has 0 aromatic heterocycles. The molecule has 0 aliphatic carbocycles. The standard InChI is InChI=1S/C12H25N3/c1-11-8-12(9-14(11)3)10-15-6-4-13(2)5-7-15/h11-12H,4-10H2,1-3H3. The number of likely N-dealkylation sites (tertiary alicyclic amines) is 1. The lowest BCUT2D eigenvalue weighted by atomic mass is 10.1. The second kappa shape index (κ2) is 4.81. The third-order valence-electron chi connectivity index (χ3n) is 4.09. The molecule has 2 fully saturated rings. The predicted molar refractivity (Wildman–Crippen MR) is 64.1 cm³/mol. The number of piperazine rings is 1. The van der Waals surface area contributed by atoms with Crippen molar-refractivity contribution < 1.29 is 0 Å². The van der Waals surface area contributed by atoms with Crippen LogP contribution in [0.1, 0.15) is 13.3 Å². The van der Waals surface area contributed by atoms with Gasteiger partial charge in [0.25, 0.3) is 0 Å². The zero-order valence-electron chi connectivity index (χ0n) is 10.4. The van der Waals surface area contributed by atoms with E-state index in [9.17, 15) is 0 Å². The quantitative estimate of drug-likeness (QED) is 0.661. The van der Waals surface area contributed by atoms with Crippen molar-refractivity contribution in [1.82, 2.24) is 14.7 Å². The van der Waals surface area contributed by atoms with Gasteiger partial charge in [-0.1, -0.05) is 0 Å². The van der Waals surface area contributed by atoms with Gasteiger partial charge in [-0.2, -0.15) is 0 Å². The summed E-state index contributed by atoms with van der Waals surface area (Å²) in [5, 5.41) is 0. The van der Waals surface area contributed by atoms with Gasteiger partial charge in [-0.05, 0) is 33.4 Å². The molecule has 2 heterocycles. The Balaban J connectivity index is 1.73. The van der Waals surface area contributed by atoms with Gasteiger partial charge in [0.1, 0.15) is 0 Å². The first-order chi connectivity index (χ1) is 7.15. The van der Waals surface area contributed by atoms with Crippen LogP contribution in [0.3, 0.4) is 0 Å². The molecule has 2 saturated heterocycles. The molecule has 0 aromatic rings. The van der Waals surface area contributed by atoms with Crippen molar-refractivity contribution in [2.75, 3.05) is 53.4 Å². The number of hydrogen-bond donors (Lipinski definition) is 0. The molecule has 0 saturated carbocycles. The van der Waals surface area contributed by atoms with E-state index in [4.69, 9.17) is 0 Å². The Morgan fingerprint density at radius 2 is 1.73 bits per heavy atom. The molecule has 0 spiro atoms. The predicted octanol–water partition coefficient (Wildman–Crippen LogP) is 0.574. The van der Waals surface area contributed by atoms with Crippen LogP contribution >= 0.6 is 0 Å². The first kappa shape index (κ1) is 11.4. The highest BCUT2D eigenvalue weighted by atomic mass is 15.3. The van der Waals surface area contributed by atoms with Gasteiger partial charge in [-0.3, -0.25) is 0 Å². The fraction of sp³-hybridized carbons (Fsp3) is 1.00. The van der Waals surface area contributed by atoms with Gasteiger partial charge >= 0.3 is 0 Å². The summed E-state index contributed by atoms with van der Waals surface area (Å²) < 4.78 is 0. The smallest absolute Gasteiger partial charge is 0.0110 e. The van der Waals surface area contributed by atoms with Crippen molar-refractivity contribution in [2.45, 2.75) is 19.4 Å². The lowest BCUT2D eigenvalue weighted by Gasteiger charge is -2.33. The Morgan fingerprint density at radius 1 is 1.07 bits per heavy atom. The van der Waals surface area contributed by atoms with Crippen LogP contribution in [0.5, 0.6) is 0 Å². The fourth-order valence-corrected chi connectivity index (χ4v) is 2.85. The minimum atomic E-state index is 0.794. The number of hydrogen-bond acceptors (Lipinski definition) is 3. The van der Waals surface area contributed by atoms with Gasteiger partial charge in [0.15, 0.2) is 0 Å². The average molecular weight is 211 g/mol. The van der Waals surface area contributed by atoms with Gasteiger partial charge in [0.05, 0.1) is 0 Å². The van der Waals surface area contributed by atoms with Gasteiger partial charge in [-0.15, -0.1) is 0 Å². The molecular weight excluding hydrogens is 186 g/mol. The molecule has 88 valence electrons. The van der Waals surface area contributed by atoms with E-state index in [1.54, 1.807) is 0 Å². The first-order valence-electron chi connectivity index (χ1n) is 6.26. The highest BCUT2D eigenvalue weighted by molar-refractivity contribution is 4.83. The maximum Gasteiger partial charge on any atom is 0.0110 e. The molecule has 2 unspecified atom stereocenters. The summed E-state index contributed by atoms with van der Waals surface area (Å²) in [6.07, 6.45) is 1.39. The highest BCUT2D eigenvalue weighted by Gasteiger charge is 2.28. The van der Waals surface area contributed by atoms with E-state index < -0.39 is 0 Å². The van der Waals surface area contributed by atoms with Crippen molar-refractivity contribution >= 4 is 0 Å². The molecule has 0 aromatic carbocycles. The van der Waals surface area contributed by atoms with Crippen molar-refractivity contribution in [1.29, 1.82) is 0 Å². The molecule has 2 aliphatic rings. The summed E-state index contributed by atoms with van der Waals surface area (Å²) in [5.41, 5.74) is 0. The first-order valence-corrected chi connectivity index (χ1v) is 6.26. The largest absolute Gasteiger partial charge is 0.304 e. The molecule has 2 aliphatic heterocycles. The fourth-order valence-electron chi connectivity index (χ4n) is 2.85. The molecule has 0 bridgehead atoms. The Labute approximate surface area is 94.0 Å². The van der Waals surface area contributed by atoms with E-state index in [1.807, 2.05) is 0 Å². The second-order valence-electron chi connectivity index (χ2n) is 5.49. The van der Waals surface area contributed by atoms with Gasteiger partial charge in [-0.25, -0.2) is 0 Å². The molecule has 2 atom stereocenters. The minimum absolute atomic E-state index is 0.794. The summed E-state index contributed by atoms with van der Waals surface area (Å²) in [5.74, 6) is 0.911. The minimum Gasteiger partial charge on any atom is -0.304 e. The normalized spacial score (nSPS) is 36.2. The Kier molecular flexibility index (Phi) is 3.65. The summed E-state index contributed by atoms with van der Waals surface area (Å²) >= 11 is 0. The van der Waals surface area contributed by atoms with Crippen LogP contribution in [0.25, 0.3) is 0 Å². The van der Waals surface area contributed by atoms with Crippen molar-refractivity contribution in [3.05, 3.63) is 0 Å². The molecule has 0 amide bonds. The average Bonchev–Trinajstić information content (AvgIpc) is 2.50. The lowest BCUT2D eigenvalue weighted by molar-refractivity contribution is 0.137. The van der Waals surface area contributed by atoms with Crippen LogP contribution < -0.4 is 0 Å².